The standard InChI is InChI=1S/C31H30N2.C24H28N2.C7H6O.Na.O3S.H/c1-21(2)26-16-11-17-27(22(3)4)30(26)33-29-19-18-25(23-12-7-5-8-13-23)20-28(29)32-31(33)24-14-9-6-10-15-24;1-16(2)20-11-8-12-21(17(3)4)24(20)26-23-14-13-19(15-22(23)25)18-9-6-5-7-10-18;8-6-7-4-2-1-3-5-7;;1-4(2)3;/h5-22H,1-4H3;5-17,26H,25H2,1-4H3;1-6H;;;/q;;;+1;;-1. The number of aromatic nitrogens is 2. The molecular formula is C62H65N4NaO4S. The summed E-state index contributed by atoms with van der Waals surface area (Å²) >= 11 is 0. The Morgan fingerprint density at radius 2 is 0.903 bits per heavy atom. The zero-order valence-corrected chi connectivity index (χ0v) is 45.7. The van der Waals surface area contributed by atoms with E-state index in [0.29, 0.717) is 23.7 Å². The van der Waals surface area contributed by atoms with Crippen LogP contribution >= 0.6 is 0 Å². The van der Waals surface area contributed by atoms with Gasteiger partial charge in [0.25, 0.3) is 0 Å². The van der Waals surface area contributed by atoms with Gasteiger partial charge in [-0.1, -0.05) is 225 Å². The molecule has 0 amide bonds. The first-order valence-electron chi connectivity index (χ1n) is 24.1. The first-order valence-corrected chi connectivity index (χ1v) is 25.1. The van der Waals surface area contributed by atoms with E-state index in [9.17, 15) is 4.79 Å². The van der Waals surface area contributed by atoms with Crippen molar-refractivity contribution in [1.82, 2.24) is 9.55 Å². The number of nitrogens with zero attached hydrogens (tertiary/aromatic N) is 2. The quantitative estimate of drug-likeness (QED) is 0.0751. The zero-order valence-electron chi connectivity index (χ0n) is 43.9. The van der Waals surface area contributed by atoms with Crippen molar-refractivity contribution in [3.05, 3.63) is 222 Å². The van der Waals surface area contributed by atoms with Gasteiger partial charge in [-0.05, 0) is 92.4 Å². The van der Waals surface area contributed by atoms with Crippen LogP contribution in [0.1, 0.15) is 113 Å². The number of hydrogen-bond donors (Lipinski definition) is 2. The van der Waals surface area contributed by atoms with E-state index in [1.807, 2.05) is 42.5 Å². The SMILES string of the molecule is CC(C)c1cccc(C(C)C)c1-n1c(-c2ccccc2)nc2cc(-c3ccccc3)ccc21.CC(C)c1cccc(C(C)C)c1Nc1ccc(-c2ccccc2)cc1N.O=Cc1ccccc1.O=S(=O)=O.[H-].[Na+]. The minimum atomic E-state index is -3.11. The van der Waals surface area contributed by atoms with E-state index in [4.69, 9.17) is 23.3 Å². The Labute approximate surface area is 451 Å². The number of rotatable bonds is 11. The normalized spacial score (nSPS) is 10.6. The third-order valence-corrected chi connectivity index (χ3v) is 12.1. The van der Waals surface area contributed by atoms with Crippen LogP contribution in [-0.2, 0) is 10.6 Å². The summed E-state index contributed by atoms with van der Waals surface area (Å²) in [6, 6.07) is 66.7. The maximum Gasteiger partial charge on any atom is 1.00 e. The third-order valence-electron chi connectivity index (χ3n) is 12.1. The van der Waals surface area contributed by atoms with E-state index < -0.39 is 10.6 Å². The summed E-state index contributed by atoms with van der Waals surface area (Å²) < 4.78 is 27.7. The number of fused-ring (bicyclic) bond motifs is 1. The Bertz CT molecular complexity index is 3220. The van der Waals surface area contributed by atoms with E-state index in [-0.39, 0.29) is 31.0 Å². The molecule has 0 radical (unpaired) electrons. The molecule has 0 spiro atoms. The number of para-hydroxylation sites is 2. The number of nitrogens with two attached hydrogens (primary N) is 1. The summed E-state index contributed by atoms with van der Waals surface area (Å²) in [4.78, 5) is 15.2. The number of hydrogen-bond acceptors (Lipinski definition) is 7. The molecule has 9 aromatic rings. The molecule has 0 fully saturated rings. The maximum atomic E-state index is 10.0. The average molecular weight is 985 g/mol. The van der Waals surface area contributed by atoms with Crippen molar-refractivity contribution < 1.29 is 48.4 Å². The van der Waals surface area contributed by atoms with E-state index in [0.717, 1.165) is 51.2 Å². The Balaban J connectivity index is 0.000000256. The predicted molar refractivity (Wildman–Crippen MR) is 297 cm³/mol. The van der Waals surface area contributed by atoms with Gasteiger partial charge in [-0.15, -0.1) is 12.6 Å². The number of anilines is 3. The Kier molecular flexibility index (Phi) is 21.1. The number of nitrogen functional groups attached to an aromatic ring is 1. The van der Waals surface area contributed by atoms with Crippen LogP contribution in [0, 0.1) is 0 Å². The molecule has 0 atom stereocenters. The van der Waals surface area contributed by atoms with E-state index in [1.54, 1.807) is 12.1 Å². The predicted octanol–water partition coefficient (Wildman–Crippen LogP) is 13.1. The van der Waals surface area contributed by atoms with E-state index in [1.165, 1.54) is 50.3 Å². The number of carbonyl (C=O) groups is 1. The minimum absolute atomic E-state index is 0. The van der Waals surface area contributed by atoms with Crippen molar-refractivity contribution in [3.8, 4) is 39.3 Å². The molecule has 0 unspecified atom stereocenters. The third kappa shape index (κ3) is 14.6. The van der Waals surface area contributed by atoms with Gasteiger partial charge in [0.2, 0.25) is 0 Å². The number of benzene rings is 8. The number of nitrogens with one attached hydrogen (secondary N) is 1. The molecule has 72 heavy (non-hydrogen) atoms. The largest absolute Gasteiger partial charge is 1.00 e. The second-order valence-corrected chi connectivity index (χ2v) is 18.9. The van der Waals surface area contributed by atoms with Crippen molar-refractivity contribution in [2.45, 2.75) is 79.1 Å². The fourth-order valence-electron chi connectivity index (χ4n) is 8.52. The summed E-state index contributed by atoms with van der Waals surface area (Å²) in [6.07, 6.45) is 0.833. The summed E-state index contributed by atoms with van der Waals surface area (Å²) in [5.74, 6) is 2.69. The molecule has 0 aliphatic heterocycles. The second kappa shape index (κ2) is 27.1. The van der Waals surface area contributed by atoms with Crippen molar-refractivity contribution in [3.63, 3.8) is 0 Å². The molecule has 9 rings (SSSR count). The van der Waals surface area contributed by atoms with Crippen LogP contribution in [0.25, 0.3) is 50.4 Å². The Hall–Kier alpha value is -6.88. The smallest absolute Gasteiger partial charge is 1.00 e. The van der Waals surface area contributed by atoms with Crippen molar-refractivity contribution in [1.29, 1.82) is 0 Å². The fourth-order valence-corrected chi connectivity index (χ4v) is 8.52. The number of aldehydes is 1. The van der Waals surface area contributed by atoms with Crippen LogP contribution in [0.2, 0.25) is 0 Å². The summed E-state index contributed by atoms with van der Waals surface area (Å²) in [6.45, 7) is 18.0. The number of carbonyl (C=O) groups excluding carboxylic acids is 1. The van der Waals surface area contributed by atoms with Crippen molar-refractivity contribution >= 4 is 45.0 Å². The van der Waals surface area contributed by atoms with Gasteiger partial charge in [-0.25, -0.2) is 4.98 Å². The van der Waals surface area contributed by atoms with E-state index in [2.05, 4.69) is 205 Å². The Morgan fingerprint density at radius 1 is 0.500 bits per heavy atom. The summed E-state index contributed by atoms with van der Waals surface area (Å²) in [7, 11) is -3.11. The van der Waals surface area contributed by atoms with Gasteiger partial charge >= 0.3 is 40.2 Å². The van der Waals surface area contributed by atoms with Crippen LogP contribution in [0.4, 0.5) is 17.1 Å². The van der Waals surface area contributed by atoms with Gasteiger partial charge in [-0.3, -0.25) is 9.36 Å². The molecule has 0 aliphatic rings. The van der Waals surface area contributed by atoms with E-state index >= 15 is 0 Å². The van der Waals surface area contributed by atoms with Crippen molar-refractivity contribution in [2.75, 3.05) is 11.1 Å². The zero-order chi connectivity index (χ0) is 51.0. The van der Waals surface area contributed by atoms with Crippen LogP contribution in [0.3, 0.4) is 0 Å². The topological polar surface area (TPSA) is 124 Å². The molecule has 3 N–H and O–H groups in total. The minimum Gasteiger partial charge on any atom is -1.00 e. The Morgan fingerprint density at radius 3 is 1.32 bits per heavy atom. The number of imidazole rings is 1. The molecular weight excluding hydrogens is 920 g/mol. The fraction of sp³-hybridized carbons (Fsp3) is 0.194. The molecule has 1 heterocycles. The van der Waals surface area contributed by atoms with Crippen LogP contribution in [-0.4, -0.2) is 28.5 Å². The first kappa shape index (κ1) is 56.0. The first-order chi connectivity index (χ1) is 34.2. The van der Waals surface area contributed by atoms with Gasteiger partial charge in [0, 0.05) is 16.8 Å². The molecule has 8 aromatic carbocycles. The molecule has 0 bridgehead atoms. The van der Waals surface area contributed by atoms with Gasteiger partial charge in [0.15, 0.2) is 0 Å². The summed E-state index contributed by atoms with van der Waals surface area (Å²) in [5.41, 5.74) is 24.7. The van der Waals surface area contributed by atoms with Gasteiger partial charge < -0.3 is 12.5 Å². The van der Waals surface area contributed by atoms with Crippen LogP contribution in [0.5, 0.6) is 0 Å². The van der Waals surface area contributed by atoms with Crippen molar-refractivity contribution in [2.24, 2.45) is 0 Å². The van der Waals surface area contributed by atoms with Gasteiger partial charge in [-0.2, -0.15) is 0 Å². The molecule has 0 saturated carbocycles. The second-order valence-electron chi connectivity index (χ2n) is 18.4. The molecule has 0 aliphatic carbocycles. The van der Waals surface area contributed by atoms with Gasteiger partial charge in [0.05, 0.1) is 28.1 Å². The van der Waals surface area contributed by atoms with Crippen LogP contribution < -0.4 is 40.6 Å². The maximum absolute atomic E-state index is 10.0. The molecule has 1 aromatic heterocycles. The molecule has 8 nitrogen and oxygen atoms in total. The molecule has 364 valence electrons. The average Bonchev–Trinajstić information content (AvgIpc) is 3.76. The van der Waals surface area contributed by atoms with Crippen LogP contribution in [0.15, 0.2) is 194 Å². The summed E-state index contributed by atoms with van der Waals surface area (Å²) in [5, 5.41) is 3.63. The van der Waals surface area contributed by atoms with Gasteiger partial charge in [0.1, 0.15) is 12.1 Å². The molecule has 0 saturated heterocycles. The monoisotopic (exact) mass is 984 g/mol. The molecule has 10 heteroatoms.